The largest absolute Gasteiger partial charge is 0.325 e. The lowest BCUT2D eigenvalue weighted by atomic mass is 10.1. The predicted octanol–water partition coefficient (Wildman–Crippen LogP) is 7.47. The van der Waals surface area contributed by atoms with Crippen molar-refractivity contribution in [3.8, 4) is 0 Å². The van der Waals surface area contributed by atoms with Crippen LogP contribution in [0.5, 0.6) is 0 Å². The number of nitrogens with one attached hydrogen (secondary N) is 1. The van der Waals surface area contributed by atoms with Crippen LogP contribution in [0, 0.1) is 6.92 Å². The Morgan fingerprint density at radius 2 is 1.62 bits per heavy atom. The summed E-state index contributed by atoms with van der Waals surface area (Å²) in [6.45, 7) is 2.02. The van der Waals surface area contributed by atoms with Crippen molar-refractivity contribution in [1.29, 1.82) is 0 Å². The molecule has 0 unspecified atom stereocenters. The van der Waals surface area contributed by atoms with Crippen molar-refractivity contribution in [3.05, 3.63) is 93.5 Å². The molecule has 3 aromatic carbocycles. The van der Waals surface area contributed by atoms with Gasteiger partial charge in [-0.1, -0.05) is 59.6 Å². The van der Waals surface area contributed by atoms with Gasteiger partial charge < -0.3 is 5.32 Å². The fourth-order valence-corrected chi connectivity index (χ4v) is 4.67. The molecule has 29 heavy (non-hydrogen) atoms. The van der Waals surface area contributed by atoms with E-state index in [1.165, 1.54) is 10.5 Å². The highest BCUT2D eigenvalue weighted by atomic mass is 35.5. The van der Waals surface area contributed by atoms with E-state index in [1.807, 2.05) is 43.3 Å². The maximum atomic E-state index is 12.3. The van der Waals surface area contributed by atoms with Gasteiger partial charge >= 0.3 is 0 Å². The van der Waals surface area contributed by atoms with E-state index in [1.54, 1.807) is 29.6 Å². The average Bonchev–Trinajstić information content (AvgIpc) is 2.72. The van der Waals surface area contributed by atoms with Crippen LogP contribution < -0.4 is 5.32 Å². The summed E-state index contributed by atoms with van der Waals surface area (Å²) in [5, 5.41) is 4.08. The van der Waals surface area contributed by atoms with Crippen LogP contribution in [-0.2, 0) is 16.3 Å². The minimum atomic E-state index is -0.00966. The van der Waals surface area contributed by atoms with Gasteiger partial charge in [0.05, 0.1) is 15.8 Å². The lowest BCUT2D eigenvalue weighted by molar-refractivity contribution is -0.113. The van der Waals surface area contributed by atoms with Crippen molar-refractivity contribution in [3.63, 3.8) is 0 Å². The maximum absolute atomic E-state index is 12.3. The predicted molar refractivity (Wildman–Crippen MR) is 128 cm³/mol. The van der Waals surface area contributed by atoms with Crippen LogP contribution in [0.3, 0.4) is 0 Å². The standard InChI is InChI=1S/C23H21Cl2NOS2/c1-16-11-17(14-29-19-5-3-2-4-6-19)8-10-22(16)26-23(27)15-28-13-18-7-9-20(24)21(25)12-18/h2-12H,13-15H2,1H3,(H,26,27). The van der Waals surface area contributed by atoms with Crippen LogP contribution in [0.25, 0.3) is 0 Å². The Balaban J connectivity index is 1.47. The van der Waals surface area contributed by atoms with E-state index in [4.69, 9.17) is 23.2 Å². The fourth-order valence-electron chi connectivity index (χ4n) is 2.72. The maximum Gasteiger partial charge on any atom is 0.234 e. The van der Waals surface area contributed by atoms with Crippen LogP contribution in [0.4, 0.5) is 5.69 Å². The van der Waals surface area contributed by atoms with Crippen molar-refractivity contribution >= 4 is 58.3 Å². The third-order valence-electron chi connectivity index (χ3n) is 4.20. The van der Waals surface area contributed by atoms with E-state index in [9.17, 15) is 4.79 Å². The number of rotatable bonds is 8. The highest BCUT2D eigenvalue weighted by molar-refractivity contribution is 7.99. The Kier molecular flexibility index (Phi) is 8.37. The molecule has 0 atom stereocenters. The van der Waals surface area contributed by atoms with Gasteiger partial charge in [0, 0.05) is 22.1 Å². The minimum Gasteiger partial charge on any atom is -0.325 e. The molecular weight excluding hydrogens is 441 g/mol. The van der Waals surface area contributed by atoms with Crippen LogP contribution in [0.2, 0.25) is 10.0 Å². The van der Waals surface area contributed by atoms with Gasteiger partial charge in [-0.15, -0.1) is 23.5 Å². The number of benzene rings is 3. The number of carbonyl (C=O) groups excluding carboxylic acids is 1. The van der Waals surface area contributed by atoms with Crippen molar-refractivity contribution in [1.82, 2.24) is 0 Å². The summed E-state index contributed by atoms with van der Waals surface area (Å²) >= 11 is 15.3. The molecule has 0 saturated heterocycles. The number of hydrogen-bond donors (Lipinski definition) is 1. The molecule has 3 rings (SSSR count). The monoisotopic (exact) mass is 461 g/mol. The zero-order chi connectivity index (χ0) is 20.6. The minimum absolute atomic E-state index is 0.00966. The van der Waals surface area contributed by atoms with E-state index >= 15 is 0 Å². The number of amides is 1. The molecule has 0 spiro atoms. The molecule has 0 heterocycles. The van der Waals surface area contributed by atoms with Crippen molar-refractivity contribution in [2.75, 3.05) is 11.1 Å². The van der Waals surface area contributed by atoms with Crippen molar-refractivity contribution < 1.29 is 4.79 Å². The zero-order valence-electron chi connectivity index (χ0n) is 16.0. The molecule has 0 aliphatic rings. The van der Waals surface area contributed by atoms with Crippen molar-refractivity contribution in [2.24, 2.45) is 0 Å². The molecule has 0 aromatic heterocycles. The third-order valence-corrected chi connectivity index (χ3v) is 7.03. The Morgan fingerprint density at radius 3 is 2.34 bits per heavy atom. The quantitative estimate of drug-likeness (QED) is 0.352. The number of hydrogen-bond acceptors (Lipinski definition) is 3. The van der Waals surface area contributed by atoms with E-state index in [0.29, 0.717) is 21.6 Å². The van der Waals surface area contributed by atoms with Gasteiger partial charge in [-0.2, -0.15) is 0 Å². The van der Waals surface area contributed by atoms with Gasteiger partial charge in [0.1, 0.15) is 0 Å². The summed E-state index contributed by atoms with van der Waals surface area (Å²) in [6, 6.07) is 22.1. The number of halogens is 2. The summed E-state index contributed by atoms with van der Waals surface area (Å²) < 4.78 is 0. The Morgan fingerprint density at radius 1 is 0.897 bits per heavy atom. The fraction of sp³-hybridized carbons (Fsp3) is 0.174. The molecule has 1 N–H and O–H groups in total. The molecule has 0 bridgehead atoms. The number of carbonyl (C=O) groups is 1. The van der Waals surface area contributed by atoms with Gasteiger partial charge in [0.2, 0.25) is 5.91 Å². The SMILES string of the molecule is Cc1cc(CSc2ccccc2)ccc1NC(=O)CSCc1ccc(Cl)c(Cl)c1. The second-order valence-electron chi connectivity index (χ2n) is 6.54. The number of thioether (sulfide) groups is 2. The van der Waals surface area contributed by atoms with Crippen LogP contribution in [0.15, 0.2) is 71.6 Å². The van der Waals surface area contributed by atoms with Crippen LogP contribution in [-0.4, -0.2) is 11.7 Å². The topological polar surface area (TPSA) is 29.1 Å². The lowest BCUT2D eigenvalue weighted by Gasteiger charge is -2.11. The van der Waals surface area contributed by atoms with E-state index < -0.39 is 0 Å². The molecule has 6 heteroatoms. The molecule has 2 nitrogen and oxygen atoms in total. The second-order valence-corrected chi connectivity index (χ2v) is 9.39. The number of anilines is 1. The first kappa shape index (κ1) is 22.1. The van der Waals surface area contributed by atoms with Gasteiger partial charge in [-0.3, -0.25) is 4.79 Å². The van der Waals surface area contributed by atoms with Crippen molar-refractivity contribution in [2.45, 2.75) is 23.3 Å². The van der Waals surface area contributed by atoms with E-state index in [-0.39, 0.29) is 5.91 Å². The summed E-state index contributed by atoms with van der Waals surface area (Å²) in [5.74, 6) is 1.98. The molecule has 0 radical (unpaired) electrons. The van der Waals surface area contributed by atoms with Gasteiger partial charge in [-0.25, -0.2) is 0 Å². The molecule has 0 saturated carbocycles. The second kappa shape index (κ2) is 11.0. The Hall–Kier alpha value is -1.59. The Labute approximate surface area is 190 Å². The lowest BCUT2D eigenvalue weighted by Crippen LogP contribution is -2.15. The normalized spacial score (nSPS) is 10.7. The molecule has 1 amide bonds. The molecule has 3 aromatic rings. The number of aryl methyl sites for hydroxylation is 1. The summed E-state index contributed by atoms with van der Waals surface area (Å²) in [4.78, 5) is 13.5. The first-order valence-corrected chi connectivity index (χ1v) is 12.0. The smallest absolute Gasteiger partial charge is 0.234 e. The first-order chi connectivity index (χ1) is 14.0. The van der Waals surface area contributed by atoms with Gasteiger partial charge in [0.25, 0.3) is 0 Å². The molecule has 0 aliphatic carbocycles. The summed E-state index contributed by atoms with van der Waals surface area (Å²) in [7, 11) is 0. The first-order valence-electron chi connectivity index (χ1n) is 9.10. The average molecular weight is 462 g/mol. The van der Waals surface area contributed by atoms with Crippen LogP contribution in [0.1, 0.15) is 16.7 Å². The Bertz CT molecular complexity index is 980. The third kappa shape index (κ3) is 7.00. The molecular formula is C23H21Cl2NOS2. The van der Waals surface area contributed by atoms with E-state index in [0.717, 1.165) is 22.6 Å². The molecule has 0 fully saturated rings. The summed E-state index contributed by atoms with van der Waals surface area (Å²) in [5.41, 5.74) is 4.22. The summed E-state index contributed by atoms with van der Waals surface area (Å²) in [6.07, 6.45) is 0. The molecule has 0 aliphatic heterocycles. The van der Waals surface area contributed by atoms with Crippen LogP contribution >= 0.6 is 46.7 Å². The molecule has 150 valence electrons. The van der Waals surface area contributed by atoms with E-state index in [2.05, 4.69) is 29.6 Å². The van der Waals surface area contributed by atoms with Gasteiger partial charge in [0.15, 0.2) is 0 Å². The highest BCUT2D eigenvalue weighted by Gasteiger charge is 2.07. The zero-order valence-corrected chi connectivity index (χ0v) is 19.1. The van der Waals surface area contributed by atoms with Gasteiger partial charge in [-0.05, 0) is 53.9 Å². The highest BCUT2D eigenvalue weighted by Crippen LogP contribution is 2.26.